The van der Waals surface area contributed by atoms with Crippen LogP contribution in [0.15, 0.2) is 24.3 Å². The van der Waals surface area contributed by atoms with E-state index in [1.165, 1.54) is 12.8 Å². The molecule has 0 spiro atoms. The molecule has 5 heteroatoms. The molecule has 0 aliphatic carbocycles. The molecule has 0 bridgehead atoms. The summed E-state index contributed by atoms with van der Waals surface area (Å²) in [6, 6.07) is 7.97. The van der Waals surface area contributed by atoms with E-state index in [0.717, 1.165) is 37.4 Å². The van der Waals surface area contributed by atoms with Gasteiger partial charge in [0.1, 0.15) is 12.4 Å². The summed E-state index contributed by atoms with van der Waals surface area (Å²) in [5.41, 5.74) is 1.14. The molecule has 1 saturated heterocycles. The highest BCUT2D eigenvalue weighted by Gasteiger charge is 2.26. The summed E-state index contributed by atoms with van der Waals surface area (Å²) < 4.78 is 5.68. The molecule has 1 amide bonds. The summed E-state index contributed by atoms with van der Waals surface area (Å²) in [6.45, 7) is 3.40. The molecule has 1 aromatic rings. The number of carbonyl (C=O) groups is 1. The molecule has 0 radical (unpaired) electrons. The number of ether oxygens (including phenoxy) is 1. The van der Waals surface area contributed by atoms with Gasteiger partial charge in [-0.15, -0.1) is 12.4 Å². The van der Waals surface area contributed by atoms with E-state index in [0.29, 0.717) is 12.5 Å². The minimum absolute atomic E-state index is 0. The summed E-state index contributed by atoms with van der Waals surface area (Å²) in [6.07, 6.45) is 3.20. The molecule has 2 heterocycles. The van der Waals surface area contributed by atoms with Crippen LogP contribution in [0.25, 0.3) is 0 Å². The molecule has 21 heavy (non-hydrogen) atoms. The van der Waals surface area contributed by atoms with Crippen LogP contribution in [0, 0.1) is 11.8 Å². The minimum atomic E-state index is -0.0542. The number of nitrogens with one attached hydrogen (secondary N) is 2. The number of halogens is 1. The standard InChI is InChI=1S/C16H22N2O2.ClH/c19-16(18-10-12-4-3-7-17-9-12)14-8-13-5-1-2-6-15(13)20-11-14;/h1-2,5-6,12,14,17H,3-4,7-11H2,(H,18,19);1H. The van der Waals surface area contributed by atoms with Gasteiger partial charge in [-0.2, -0.15) is 0 Å². The van der Waals surface area contributed by atoms with Crippen LogP contribution in [0.5, 0.6) is 5.75 Å². The second-order valence-corrected chi connectivity index (χ2v) is 5.78. The van der Waals surface area contributed by atoms with Crippen LogP contribution >= 0.6 is 12.4 Å². The molecule has 2 unspecified atom stereocenters. The van der Waals surface area contributed by atoms with Crippen LogP contribution in [0.1, 0.15) is 18.4 Å². The molecule has 0 aromatic heterocycles. The third-order valence-corrected chi connectivity index (χ3v) is 4.21. The van der Waals surface area contributed by atoms with Crippen molar-refractivity contribution in [3.8, 4) is 5.75 Å². The van der Waals surface area contributed by atoms with Crippen LogP contribution in [0.4, 0.5) is 0 Å². The Hall–Kier alpha value is -1.26. The molecular formula is C16H23ClN2O2. The Kier molecular flexibility index (Phi) is 5.88. The van der Waals surface area contributed by atoms with Crippen LogP contribution < -0.4 is 15.4 Å². The first kappa shape index (κ1) is 16.1. The lowest BCUT2D eigenvalue weighted by Gasteiger charge is -2.27. The average Bonchev–Trinajstić information content (AvgIpc) is 2.53. The Bertz CT molecular complexity index is 475. The van der Waals surface area contributed by atoms with Gasteiger partial charge in [-0.1, -0.05) is 18.2 Å². The third kappa shape index (κ3) is 4.11. The lowest BCUT2D eigenvalue weighted by molar-refractivity contribution is -0.126. The second kappa shape index (κ2) is 7.66. The second-order valence-electron chi connectivity index (χ2n) is 5.78. The molecule has 4 nitrogen and oxygen atoms in total. The first-order valence-corrected chi connectivity index (χ1v) is 7.52. The number of amides is 1. The van der Waals surface area contributed by atoms with E-state index in [1.54, 1.807) is 0 Å². The van der Waals surface area contributed by atoms with Crippen LogP contribution in [-0.4, -0.2) is 32.1 Å². The maximum Gasteiger partial charge on any atom is 0.226 e. The summed E-state index contributed by atoms with van der Waals surface area (Å²) >= 11 is 0. The van der Waals surface area contributed by atoms with E-state index in [4.69, 9.17) is 4.74 Å². The molecule has 3 rings (SSSR count). The molecular weight excluding hydrogens is 288 g/mol. The van der Waals surface area contributed by atoms with Gasteiger partial charge in [0.25, 0.3) is 0 Å². The Labute approximate surface area is 132 Å². The maximum absolute atomic E-state index is 12.2. The summed E-state index contributed by atoms with van der Waals surface area (Å²) in [5.74, 6) is 1.57. The van der Waals surface area contributed by atoms with Crippen molar-refractivity contribution in [3.63, 3.8) is 0 Å². The Balaban J connectivity index is 0.00000161. The number of fused-ring (bicyclic) bond motifs is 1. The van der Waals surface area contributed by atoms with Crippen molar-refractivity contribution in [2.45, 2.75) is 19.3 Å². The van der Waals surface area contributed by atoms with Crippen molar-refractivity contribution < 1.29 is 9.53 Å². The predicted octanol–water partition coefficient (Wildman–Crippen LogP) is 1.78. The normalized spacial score (nSPS) is 24.2. The van der Waals surface area contributed by atoms with E-state index < -0.39 is 0 Å². The summed E-state index contributed by atoms with van der Waals surface area (Å²) in [4.78, 5) is 12.2. The van der Waals surface area contributed by atoms with Gasteiger partial charge < -0.3 is 15.4 Å². The van der Waals surface area contributed by atoms with E-state index in [2.05, 4.69) is 10.6 Å². The molecule has 1 fully saturated rings. The lowest BCUT2D eigenvalue weighted by atomic mass is 9.95. The van der Waals surface area contributed by atoms with Gasteiger partial charge in [0.15, 0.2) is 0 Å². The van der Waals surface area contributed by atoms with Crippen LogP contribution in [0.3, 0.4) is 0 Å². The van der Waals surface area contributed by atoms with Crippen molar-refractivity contribution in [2.75, 3.05) is 26.2 Å². The monoisotopic (exact) mass is 310 g/mol. The number of hydrogen-bond acceptors (Lipinski definition) is 3. The van der Waals surface area contributed by atoms with Gasteiger partial charge in [0.2, 0.25) is 5.91 Å². The van der Waals surface area contributed by atoms with Crippen molar-refractivity contribution >= 4 is 18.3 Å². The highest BCUT2D eigenvalue weighted by Crippen LogP contribution is 2.26. The third-order valence-electron chi connectivity index (χ3n) is 4.21. The van der Waals surface area contributed by atoms with E-state index in [1.807, 2.05) is 24.3 Å². The van der Waals surface area contributed by atoms with Crippen molar-refractivity contribution in [2.24, 2.45) is 11.8 Å². The molecule has 2 N–H and O–H groups in total. The first-order valence-electron chi connectivity index (χ1n) is 7.52. The van der Waals surface area contributed by atoms with Crippen LogP contribution in [0.2, 0.25) is 0 Å². The zero-order chi connectivity index (χ0) is 13.8. The fraction of sp³-hybridized carbons (Fsp3) is 0.562. The minimum Gasteiger partial charge on any atom is -0.492 e. The largest absolute Gasteiger partial charge is 0.492 e. The number of hydrogen-bond donors (Lipinski definition) is 2. The van der Waals surface area contributed by atoms with Gasteiger partial charge >= 0.3 is 0 Å². The van der Waals surface area contributed by atoms with Gasteiger partial charge in [-0.25, -0.2) is 0 Å². The topological polar surface area (TPSA) is 50.4 Å². The molecule has 1 aromatic carbocycles. The Morgan fingerprint density at radius 1 is 1.38 bits per heavy atom. The van der Waals surface area contributed by atoms with Gasteiger partial charge in [-0.05, 0) is 49.9 Å². The smallest absolute Gasteiger partial charge is 0.226 e. The fourth-order valence-electron chi connectivity index (χ4n) is 2.98. The van der Waals surface area contributed by atoms with Crippen LogP contribution in [-0.2, 0) is 11.2 Å². The number of carbonyl (C=O) groups excluding carboxylic acids is 1. The molecule has 2 aliphatic heterocycles. The maximum atomic E-state index is 12.2. The van der Waals surface area contributed by atoms with Gasteiger partial charge in [0, 0.05) is 6.54 Å². The number of rotatable bonds is 3. The van der Waals surface area contributed by atoms with Crippen molar-refractivity contribution in [1.29, 1.82) is 0 Å². The van der Waals surface area contributed by atoms with E-state index >= 15 is 0 Å². The van der Waals surface area contributed by atoms with Crippen molar-refractivity contribution in [1.82, 2.24) is 10.6 Å². The molecule has 2 aliphatic rings. The molecule has 2 atom stereocenters. The Morgan fingerprint density at radius 2 is 2.24 bits per heavy atom. The summed E-state index contributed by atoms with van der Waals surface area (Å²) in [7, 11) is 0. The zero-order valence-electron chi connectivity index (χ0n) is 12.1. The number of para-hydroxylation sites is 1. The number of piperidine rings is 1. The number of benzene rings is 1. The zero-order valence-corrected chi connectivity index (χ0v) is 13.0. The quantitative estimate of drug-likeness (QED) is 0.895. The molecule has 116 valence electrons. The fourth-order valence-corrected chi connectivity index (χ4v) is 2.98. The van der Waals surface area contributed by atoms with Gasteiger partial charge in [-0.3, -0.25) is 4.79 Å². The lowest BCUT2D eigenvalue weighted by Crippen LogP contribution is -2.42. The summed E-state index contributed by atoms with van der Waals surface area (Å²) in [5, 5.41) is 6.47. The predicted molar refractivity (Wildman–Crippen MR) is 85.0 cm³/mol. The van der Waals surface area contributed by atoms with E-state index in [9.17, 15) is 4.79 Å². The Morgan fingerprint density at radius 3 is 3.05 bits per heavy atom. The van der Waals surface area contributed by atoms with Gasteiger partial charge in [0.05, 0.1) is 5.92 Å². The highest BCUT2D eigenvalue weighted by atomic mass is 35.5. The first-order chi connectivity index (χ1) is 9.83. The molecule has 0 saturated carbocycles. The average molecular weight is 311 g/mol. The SMILES string of the molecule is Cl.O=C(NCC1CCCNC1)C1COc2ccccc2C1. The van der Waals surface area contributed by atoms with E-state index in [-0.39, 0.29) is 24.2 Å². The van der Waals surface area contributed by atoms with Crippen molar-refractivity contribution in [3.05, 3.63) is 29.8 Å². The highest BCUT2D eigenvalue weighted by molar-refractivity contribution is 5.85.